The number of hydrogen-bond donors (Lipinski definition) is 4. The van der Waals surface area contributed by atoms with E-state index in [1.54, 1.807) is 5.43 Å². The Hall–Kier alpha value is -2.02. The van der Waals surface area contributed by atoms with Gasteiger partial charge in [-0.2, -0.15) is 21.9 Å². The first-order chi connectivity index (χ1) is 9.01. The maximum absolute atomic E-state index is 11.1. The van der Waals surface area contributed by atoms with Crippen molar-refractivity contribution in [2.75, 3.05) is 0 Å². The van der Waals surface area contributed by atoms with E-state index in [-0.39, 0.29) is 5.56 Å². The van der Waals surface area contributed by atoms with Gasteiger partial charge in [0.05, 0.1) is 11.1 Å². The molecule has 1 rings (SSSR count). The van der Waals surface area contributed by atoms with Crippen molar-refractivity contribution >= 4 is 32.5 Å². The number of nitrogens with two attached hydrogens (primary N) is 1. The third-order valence-corrected chi connectivity index (χ3v) is 3.71. The molecule has 110 valence electrons. The van der Waals surface area contributed by atoms with Crippen LogP contribution in [0.4, 0.5) is 4.79 Å². The summed E-state index contributed by atoms with van der Waals surface area (Å²) in [5, 5.41) is 3.24. The van der Waals surface area contributed by atoms with Gasteiger partial charge in [0.2, 0.25) is 0 Å². The number of rotatable bonds is 4. The summed E-state index contributed by atoms with van der Waals surface area (Å²) in [5.41, 5.74) is 6.08. The zero-order valence-corrected chi connectivity index (χ0v) is 11.2. The zero-order chi connectivity index (χ0) is 15.6. The number of hydrogen-bond acceptors (Lipinski definition) is 6. The molecule has 5 N–H and O–H groups in total. The van der Waals surface area contributed by atoms with Gasteiger partial charge in [-0.1, -0.05) is 0 Å². The third-order valence-electron chi connectivity index (χ3n) is 1.94. The highest BCUT2D eigenvalue weighted by atomic mass is 32.2. The van der Waals surface area contributed by atoms with E-state index >= 15 is 0 Å². The summed E-state index contributed by atoms with van der Waals surface area (Å²) in [4.78, 5) is 9.10. The lowest BCUT2D eigenvalue weighted by atomic mass is 10.2. The van der Waals surface area contributed by atoms with Gasteiger partial charge in [0.25, 0.3) is 20.2 Å². The molecule has 0 saturated heterocycles. The lowest BCUT2D eigenvalue weighted by Gasteiger charge is -2.04. The highest BCUT2D eigenvalue weighted by Crippen LogP contribution is 2.18. The molecule has 1 aromatic rings. The summed E-state index contributed by atoms with van der Waals surface area (Å²) in [6.45, 7) is 0. The van der Waals surface area contributed by atoms with Gasteiger partial charge >= 0.3 is 6.03 Å². The lowest BCUT2D eigenvalue weighted by molar-refractivity contribution is 0.249. The van der Waals surface area contributed by atoms with Crippen LogP contribution in [0.15, 0.2) is 33.1 Å². The predicted octanol–water partition coefficient (Wildman–Crippen LogP) is -0.818. The summed E-state index contributed by atoms with van der Waals surface area (Å²) in [6, 6.07) is 1.23. The largest absolute Gasteiger partial charge is 0.350 e. The second-order valence-electron chi connectivity index (χ2n) is 3.38. The third kappa shape index (κ3) is 4.27. The molecule has 0 fully saturated rings. The minimum atomic E-state index is -4.66. The Kier molecular flexibility index (Phi) is 4.44. The molecule has 20 heavy (non-hydrogen) atoms. The highest BCUT2D eigenvalue weighted by Gasteiger charge is 2.18. The Bertz CT molecular complexity index is 767. The molecule has 1 aromatic carbocycles. The summed E-state index contributed by atoms with van der Waals surface area (Å²) >= 11 is 0. The van der Waals surface area contributed by atoms with Crippen molar-refractivity contribution in [2.24, 2.45) is 10.8 Å². The van der Waals surface area contributed by atoms with Crippen LogP contribution < -0.4 is 11.2 Å². The predicted molar refractivity (Wildman–Crippen MR) is 66.4 cm³/mol. The maximum atomic E-state index is 11.1. The molecule has 0 aliphatic rings. The SMILES string of the molecule is NC(=O)NN=Cc1cc(S(=O)(=O)O)ccc1S(=O)(=O)O. The van der Waals surface area contributed by atoms with Crippen LogP contribution in [0, 0.1) is 0 Å². The Morgan fingerprint density at radius 3 is 2.25 bits per heavy atom. The first-order valence-electron chi connectivity index (χ1n) is 4.69. The molecule has 0 aliphatic heterocycles. The highest BCUT2D eigenvalue weighted by molar-refractivity contribution is 7.86. The summed E-state index contributed by atoms with van der Waals surface area (Å²) in [6.07, 6.45) is 0.739. The van der Waals surface area contributed by atoms with Crippen molar-refractivity contribution in [3.8, 4) is 0 Å². The first-order valence-corrected chi connectivity index (χ1v) is 7.57. The van der Waals surface area contributed by atoms with Crippen molar-refractivity contribution in [2.45, 2.75) is 9.79 Å². The smallest absolute Gasteiger partial charge is 0.332 e. The maximum Gasteiger partial charge on any atom is 0.332 e. The second kappa shape index (κ2) is 5.54. The molecule has 0 saturated carbocycles. The van der Waals surface area contributed by atoms with Crippen LogP contribution in [-0.2, 0) is 20.2 Å². The summed E-state index contributed by atoms with van der Waals surface area (Å²) in [7, 11) is -9.24. The number of amides is 2. The van der Waals surface area contributed by atoms with Crippen LogP contribution in [-0.4, -0.2) is 38.2 Å². The monoisotopic (exact) mass is 323 g/mol. The molecule has 0 radical (unpaired) electrons. The topological polar surface area (TPSA) is 176 Å². The molecule has 0 bridgehead atoms. The number of carbonyl (C=O) groups excluding carboxylic acids is 1. The van der Waals surface area contributed by atoms with Crippen LogP contribution in [0.1, 0.15) is 5.56 Å². The van der Waals surface area contributed by atoms with Crippen LogP contribution in [0.2, 0.25) is 0 Å². The minimum Gasteiger partial charge on any atom is -0.350 e. The van der Waals surface area contributed by atoms with Crippen molar-refractivity contribution in [1.29, 1.82) is 0 Å². The van der Waals surface area contributed by atoms with Crippen LogP contribution in [0.3, 0.4) is 0 Å². The molecule has 12 heteroatoms. The number of carbonyl (C=O) groups is 1. The quantitative estimate of drug-likeness (QED) is 0.318. The molecule has 10 nitrogen and oxygen atoms in total. The Morgan fingerprint density at radius 2 is 1.80 bits per heavy atom. The minimum absolute atomic E-state index is 0.378. The number of hydrazone groups is 1. The summed E-state index contributed by atoms with van der Waals surface area (Å²) < 4.78 is 61.8. The normalized spacial score (nSPS) is 12.5. The molecule has 0 unspecified atom stereocenters. The van der Waals surface area contributed by atoms with Crippen molar-refractivity contribution in [1.82, 2.24) is 5.43 Å². The molecule has 0 heterocycles. The summed E-state index contributed by atoms with van der Waals surface area (Å²) in [5.74, 6) is 0. The van der Waals surface area contributed by atoms with Gasteiger partial charge in [0, 0.05) is 5.56 Å². The first kappa shape index (κ1) is 16.0. The zero-order valence-electron chi connectivity index (χ0n) is 9.59. The van der Waals surface area contributed by atoms with Crippen LogP contribution in [0.25, 0.3) is 0 Å². The fourth-order valence-electron chi connectivity index (χ4n) is 1.19. The number of nitrogens with one attached hydrogen (secondary N) is 1. The van der Waals surface area contributed by atoms with Gasteiger partial charge in [-0.15, -0.1) is 0 Å². The van der Waals surface area contributed by atoms with Gasteiger partial charge in [0.15, 0.2) is 0 Å². The molecule has 0 aromatic heterocycles. The molecule has 0 spiro atoms. The number of benzene rings is 1. The standard InChI is InChI=1S/C8H9N3O7S2/c9-8(12)11-10-4-5-3-6(19(13,14)15)1-2-7(5)20(16,17)18/h1-4H,(H3,9,11,12)(H,13,14,15)(H,16,17,18). The van der Waals surface area contributed by atoms with Crippen LogP contribution in [0.5, 0.6) is 0 Å². The van der Waals surface area contributed by atoms with E-state index in [9.17, 15) is 21.6 Å². The number of primary amides is 1. The van der Waals surface area contributed by atoms with Gasteiger partial charge in [-0.3, -0.25) is 9.11 Å². The average Bonchev–Trinajstić information content (AvgIpc) is 2.25. The van der Waals surface area contributed by atoms with Gasteiger partial charge in [0.1, 0.15) is 4.90 Å². The van der Waals surface area contributed by atoms with E-state index in [0.717, 1.165) is 24.4 Å². The Labute approximate surface area is 113 Å². The van der Waals surface area contributed by atoms with E-state index in [2.05, 4.69) is 5.10 Å². The fraction of sp³-hybridized carbons (Fsp3) is 0. The van der Waals surface area contributed by atoms with E-state index in [1.165, 1.54) is 0 Å². The Morgan fingerprint density at radius 1 is 1.20 bits per heavy atom. The van der Waals surface area contributed by atoms with Crippen molar-refractivity contribution in [3.63, 3.8) is 0 Å². The fourth-order valence-corrected chi connectivity index (χ4v) is 2.35. The van der Waals surface area contributed by atoms with Gasteiger partial charge in [-0.05, 0) is 18.2 Å². The molecule has 0 atom stereocenters. The molecular formula is C8H9N3O7S2. The molecular weight excluding hydrogens is 314 g/mol. The second-order valence-corrected chi connectivity index (χ2v) is 6.20. The average molecular weight is 323 g/mol. The van der Waals surface area contributed by atoms with Gasteiger partial charge in [-0.25, -0.2) is 10.2 Å². The van der Waals surface area contributed by atoms with Crippen molar-refractivity contribution < 1.29 is 30.7 Å². The van der Waals surface area contributed by atoms with E-state index in [0.29, 0.717) is 0 Å². The van der Waals surface area contributed by atoms with E-state index in [4.69, 9.17) is 14.8 Å². The van der Waals surface area contributed by atoms with Crippen molar-refractivity contribution in [3.05, 3.63) is 23.8 Å². The van der Waals surface area contributed by atoms with E-state index < -0.39 is 36.1 Å². The van der Waals surface area contributed by atoms with Crippen LogP contribution >= 0.6 is 0 Å². The van der Waals surface area contributed by atoms with Gasteiger partial charge < -0.3 is 5.73 Å². The number of nitrogens with zero attached hydrogens (tertiary/aromatic N) is 1. The lowest BCUT2D eigenvalue weighted by Crippen LogP contribution is -2.24. The van der Waals surface area contributed by atoms with E-state index in [1.807, 2.05) is 0 Å². The molecule has 2 amide bonds. The molecule has 0 aliphatic carbocycles. The number of urea groups is 1. The Balaban J connectivity index is 3.42.